The zero-order chi connectivity index (χ0) is 15.3. The van der Waals surface area contributed by atoms with Crippen molar-refractivity contribution in [2.75, 3.05) is 19.7 Å². The number of aliphatic hydroxyl groups is 1. The van der Waals surface area contributed by atoms with Crippen LogP contribution in [0.2, 0.25) is 0 Å². The van der Waals surface area contributed by atoms with Crippen LogP contribution in [0.15, 0.2) is 0 Å². The van der Waals surface area contributed by atoms with Crippen LogP contribution in [0.3, 0.4) is 0 Å². The third-order valence-corrected chi connectivity index (χ3v) is 5.13. The van der Waals surface area contributed by atoms with Crippen LogP contribution in [0.25, 0.3) is 0 Å². The summed E-state index contributed by atoms with van der Waals surface area (Å²) in [5, 5.41) is 18.9. The molecular formula is C16H27NO4. The first-order valence-corrected chi connectivity index (χ1v) is 8.19. The second-order valence-corrected chi connectivity index (χ2v) is 6.71. The molecule has 5 nitrogen and oxygen atoms in total. The lowest BCUT2D eigenvalue weighted by Crippen LogP contribution is -2.44. The van der Waals surface area contributed by atoms with Crippen LogP contribution < -0.4 is 0 Å². The lowest BCUT2D eigenvalue weighted by Gasteiger charge is -2.35. The minimum absolute atomic E-state index is 0.0440. The van der Waals surface area contributed by atoms with Gasteiger partial charge in [0.1, 0.15) is 0 Å². The molecule has 2 fully saturated rings. The van der Waals surface area contributed by atoms with E-state index in [0.717, 1.165) is 38.5 Å². The van der Waals surface area contributed by atoms with Crippen molar-refractivity contribution < 1.29 is 19.8 Å². The maximum Gasteiger partial charge on any atom is 0.310 e. The molecule has 0 aromatic carbocycles. The molecule has 2 aliphatic rings. The highest BCUT2D eigenvalue weighted by Crippen LogP contribution is 2.39. The monoisotopic (exact) mass is 297 g/mol. The highest BCUT2D eigenvalue weighted by atomic mass is 16.4. The maximum absolute atomic E-state index is 12.5. The minimum Gasteiger partial charge on any atom is -0.481 e. The fourth-order valence-corrected chi connectivity index (χ4v) is 3.71. The minimum atomic E-state index is -0.861. The summed E-state index contributed by atoms with van der Waals surface area (Å²) >= 11 is 0. The molecule has 1 heterocycles. The Morgan fingerprint density at radius 3 is 2.33 bits per heavy atom. The van der Waals surface area contributed by atoms with Gasteiger partial charge in [-0.15, -0.1) is 0 Å². The number of amides is 1. The highest BCUT2D eigenvalue weighted by Gasteiger charge is 2.41. The lowest BCUT2D eigenvalue weighted by molar-refractivity contribution is -0.155. The molecule has 0 aromatic heterocycles. The number of hydrogen-bond acceptors (Lipinski definition) is 3. The molecule has 0 radical (unpaired) electrons. The van der Waals surface area contributed by atoms with E-state index in [9.17, 15) is 19.8 Å². The number of carbonyl (C=O) groups excluding carboxylic acids is 1. The van der Waals surface area contributed by atoms with E-state index >= 15 is 0 Å². The van der Waals surface area contributed by atoms with Crippen LogP contribution in [0.4, 0.5) is 0 Å². The number of piperidine rings is 1. The predicted octanol–water partition coefficient (Wildman–Crippen LogP) is 2.03. The van der Waals surface area contributed by atoms with Crippen LogP contribution in [0.5, 0.6) is 0 Å². The number of nitrogens with zero attached hydrogens (tertiary/aromatic N) is 1. The fraction of sp³-hybridized carbons (Fsp3) is 0.875. The summed E-state index contributed by atoms with van der Waals surface area (Å²) in [7, 11) is 0. The Balaban J connectivity index is 2.02. The van der Waals surface area contributed by atoms with E-state index in [0.29, 0.717) is 25.9 Å². The van der Waals surface area contributed by atoms with E-state index < -0.39 is 11.4 Å². The predicted molar refractivity (Wildman–Crippen MR) is 78.8 cm³/mol. The number of carboxylic acid groups (broad SMARTS) is 1. The molecular weight excluding hydrogens is 270 g/mol. The van der Waals surface area contributed by atoms with Crippen molar-refractivity contribution in [3.8, 4) is 0 Å². The standard InChI is InChI=1S/C16H27NO4/c18-12-13-6-5-9-17(11-13)14(19)10-16(15(20)21)7-3-1-2-4-8-16/h13,18H,1-12H2,(H,20,21). The molecule has 1 atom stereocenters. The Morgan fingerprint density at radius 1 is 1.10 bits per heavy atom. The van der Waals surface area contributed by atoms with Crippen LogP contribution in [0.1, 0.15) is 57.8 Å². The van der Waals surface area contributed by atoms with Gasteiger partial charge >= 0.3 is 5.97 Å². The number of hydrogen-bond donors (Lipinski definition) is 2. The van der Waals surface area contributed by atoms with Crippen molar-refractivity contribution in [2.45, 2.75) is 57.8 Å². The van der Waals surface area contributed by atoms with Gasteiger partial charge in [0.25, 0.3) is 0 Å². The largest absolute Gasteiger partial charge is 0.481 e. The third-order valence-electron chi connectivity index (χ3n) is 5.13. The Hall–Kier alpha value is -1.10. The van der Waals surface area contributed by atoms with Crippen molar-refractivity contribution in [3.63, 3.8) is 0 Å². The second kappa shape index (κ2) is 7.25. The van der Waals surface area contributed by atoms with E-state index in [2.05, 4.69) is 0 Å². The summed E-state index contributed by atoms with van der Waals surface area (Å²) in [4.78, 5) is 26.1. The number of rotatable bonds is 4. The normalized spacial score (nSPS) is 26.1. The molecule has 0 bridgehead atoms. The van der Waals surface area contributed by atoms with Crippen LogP contribution in [-0.2, 0) is 9.59 Å². The third kappa shape index (κ3) is 3.96. The van der Waals surface area contributed by atoms with Gasteiger partial charge in [-0.1, -0.05) is 25.7 Å². The summed E-state index contributed by atoms with van der Waals surface area (Å²) in [5.41, 5.74) is -0.861. The van der Waals surface area contributed by atoms with E-state index in [1.54, 1.807) is 4.90 Å². The fourth-order valence-electron chi connectivity index (χ4n) is 3.71. The zero-order valence-corrected chi connectivity index (χ0v) is 12.7. The first kappa shape index (κ1) is 16.3. The van der Waals surface area contributed by atoms with Gasteiger partial charge in [-0.2, -0.15) is 0 Å². The summed E-state index contributed by atoms with van der Waals surface area (Å²) in [6, 6.07) is 0. The highest BCUT2D eigenvalue weighted by molar-refractivity contribution is 5.85. The first-order valence-electron chi connectivity index (χ1n) is 8.19. The van der Waals surface area contributed by atoms with E-state index in [-0.39, 0.29) is 24.9 Å². The SMILES string of the molecule is O=C(CC1(C(=O)O)CCCCCC1)N1CCCC(CO)C1. The molecule has 1 saturated carbocycles. The zero-order valence-electron chi connectivity index (χ0n) is 12.7. The number of likely N-dealkylation sites (tertiary alicyclic amines) is 1. The Kier molecular flexibility index (Phi) is 5.62. The number of aliphatic carboxylic acids is 1. The number of carboxylic acids is 1. The Bertz CT molecular complexity index is 374. The molecule has 1 unspecified atom stereocenters. The molecule has 1 aliphatic carbocycles. The van der Waals surface area contributed by atoms with Gasteiger partial charge < -0.3 is 15.1 Å². The average molecular weight is 297 g/mol. The van der Waals surface area contributed by atoms with Crippen molar-refractivity contribution in [1.82, 2.24) is 4.90 Å². The lowest BCUT2D eigenvalue weighted by atomic mass is 9.77. The van der Waals surface area contributed by atoms with E-state index in [4.69, 9.17) is 0 Å². The number of aliphatic hydroxyl groups excluding tert-OH is 1. The molecule has 5 heteroatoms. The molecule has 0 spiro atoms. The topological polar surface area (TPSA) is 77.8 Å². The molecule has 1 saturated heterocycles. The van der Waals surface area contributed by atoms with Crippen molar-refractivity contribution in [1.29, 1.82) is 0 Å². The Morgan fingerprint density at radius 2 is 1.76 bits per heavy atom. The van der Waals surface area contributed by atoms with Gasteiger partial charge in [0.2, 0.25) is 5.91 Å². The number of carbonyl (C=O) groups is 2. The van der Waals surface area contributed by atoms with E-state index in [1.807, 2.05) is 0 Å². The van der Waals surface area contributed by atoms with Gasteiger partial charge in [-0.05, 0) is 31.6 Å². The molecule has 1 amide bonds. The molecule has 120 valence electrons. The van der Waals surface area contributed by atoms with Gasteiger partial charge in [0, 0.05) is 26.1 Å². The summed E-state index contributed by atoms with van der Waals surface area (Å²) in [6.45, 7) is 1.38. The van der Waals surface area contributed by atoms with Gasteiger partial charge in [-0.25, -0.2) is 0 Å². The van der Waals surface area contributed by atoms with Gasteiger partial charge in [0.05, 0.1) is 5.41 Å². The van der Waals surface area contributed by atoms with Crippen molar-refractivity contribution in [3.05, 3.63) is 0 Å². The van der Waals surface area contributed by atoms with Gasteiger partial charge in [0.15, 0.2) is 0 Å². The summed E-state index contributed by atoms with van der Waals surface area (Å²) in [6.07, 6.45) is 7.15. The molecule has 21 heavy (non-hydrogen) atoms. The first-order chi connectivity index (χ1) is 10.1. The second-order valence-electron chi connectivity index (χ2n) is 6.71. The molecule has 2 rings (SSSR count). The molecule has 1 aliphatic heterocycles. The van der Waals surface area contributed by atoms with Crippen LogP contribution in [-0.4, -0.2) is 46.7 Å². The van der Waals surface area contributed by atoms with Crippen molar-refractivity contribution in [2.24, 2.45) is 11.3 Å². The summed E-state index contributed by atoms with van der Waals surface area (Å²) < 4.78 is 0. The van der Waals surface area contributed by atoms with E-state index in [1.165, 1.54) is 0 Å². The molecule has 0 aromatic rings. The Labute approximate surface area is 126 Å². The summed E-state index contributed by atoms with van der Waals surface area (Å²) in [5.74, 6) is -0.705. The van der Waals surface area contributed by atoms with Gasteiger partial charge in [-0.3, -0.25) is 9.59 Å². The average Bonchev–Trinajstić information content (AvgIpc) is 2.74. The maximum atomic E-state index is 12.5. The quantitative estimate of drug-likeness (QED) is 0.778. The molecule has 2 N–H and O–H groups in total. The van der Waals surface area contributed by atoms with Crippen LogP contribution in [0, 0.1) is 11.3 Å². The van der Waals surface area contributed by atoms with Crippen LogP contribution >= 0.6 is 0 Å². The van der Waals surface area contributed by atoms with Crippen molar-refractivity contribution >= 4 is 11.9 Å². The smallest absolute Gasteiger partial charge is 0.310 e.